The van der Waals surface area contributed by atoms with Crippen LogP contribution in [-0.2, 0) is 0 Å². The van der Waals surface area contributed by atoms with Crippen LogP contribution in [0.2, 0.25) is 0 Å². The number of hydrogen-bond donors (Lipinski definition) is 2. The number of benzene rings is 2. The van der Waals surface area contributed by atoms with Gasteiger partial charge in [0, 0.05) is 20.9 Å². The maximum atomic E-state index is 9.93. The lowest BCUT2D eigenvalue weighted by atomic mass is 10.0. The van der Waals surface area contributed by atoms with Crippen molar-refractivity contribution in [2.45, 2.75) is 9.79 Å². The first kappa shape index (κ1) is 14.1. The molecule has 0 fully saturated rings. The fraction of sp³-hybridized carbons (Fsp3) is 0. The molecule has 0 heterocycles. The number of thioether (sulfide) groups is 2. The maximum absolute atomic E-state index is 9.93. The van der Waals surface area contributed by atoms with E-state index in [9.17, 15) is 10.2 Å². The van der Waals surface area contributed by atoms with Crippen molar-refractivity contribution < 1.29 is 10.2 Å². The molecule has 0 saturated carbocycles. The second-order valence-corrected chi connectivity index (χ2v) is 5.46. The van der Waals surface area contributed by atoms with Gasteiger partial charge >= 0.3 is 0 Å². The van der Waals surface area contributed by atoms with Gasteiger partial charge in [-0.25, -0.2) is 0 Å². The molecule has 0 aliphatic carbocycles. The van der Waals surface area contributed by atoms with Crippen LogP contribution < -0.4 is 0 Å². The van der Waals surface area contributed by atoms with E-state index in [1.807, 2.05) is 10.8 Å². The van der Waals surface area contributed by atoms with Crippen molar-refractivity contribution in [2.24, 2.45) is 0 Å². The second kappa shape index (κ2) is 6.25. The van der Waals surface area contributed by atoms with Gasteiger partial charge in [0.05, 0.1) is 0 Å². The molecule has 20 heavy (non-hydrogen) atoms. The Kier molecular flexibility index (Phi) is 4.41. The van der Waals surface area contributed by atoms with Gasteiger partial charge in [0.25, 0.3) is 0 Å². The van der Waals surface area contributed by atoms with Crippen molar-refractivity contribution >= 4 is 23.5 Å². The summed E-state index contributed by atoms with van der Waals surface area (Å²) in [5.41, 5.74) is 0.839. The fourth-order valence-corrected chi connectivity index (χ4v) is 2.53. The molecule has 0 amide bonds. The minimum Gasteiger partial charge on any atom is -0.507 e. The Morgan fingerprint density at radius 3 is 1.50 bits per heavy atom. The summed E-state index contributed by atoms with van der Waals surface area (Å²) in [7, 11) is 0. The Balaban J connectivity index is 2.55. The van der Waals surface area contributed by atoms with Gasteiger partial charge in [0.15, 0.2) is 0 Å². The molecule has 6 heteroatoms. The van der Waals surface area contributed by atoms with E-state index in [0.717, 1.165) is 23.5 Å². The number of rotatable bonds is 3. The van der Waals surface area contributed by atoms with Crippen LogP contribution in [0.15, 0.2) is 46.2 Å². The van der Waals surface area contributed by atoms with Gasteiger partial charge in [0.1, 0.15) is 22.3 Å². The zero-order chi connectivity index (χ0) is 14.5. The van der Waals surface area contributed by atoms with E-state index in [0.29, 0.717) is 20.9 Å². The van der Waals surface area contributed by atoms with Gasteiger partial charge in [-0.3, -0.25) is 0 Å². The molecular formula is C14H8N2O2S2. The quantitative estimate of drug-likeness (QED) is 0.660. The highest BCUT2D eigenvalue weighted by Gasteiger charge is 2.11. The van der Waals surface area contributed by atoms with Crippen molar-refractivity contribution in [1.29, 1.82) is 10.5 Å². The van der Waals surface area contributed by atoms with E-state index < -0.39 is 0 Å². The minimum absolute atomic E-state index is 0.00157. The lowest BCUT2D eigenvalue weighted by Crippen LogP contribution is -1.83. The van der Waals surface area contributed by atoms with Crippen molar-refractivity contribution in [1.82, 2.24) is 0 Å². The molecule has 0 aliphatic heterocycles. The zero-order valence-electron chi connectivity index (χ0n) is 10.1. The van der Waals surface area contributed by atoms with Crippen LogP contribution in [0.25, 0.3) is 11.1 Å². The minimum atomic E-state index is 0.00157. The number of thiocyanates is 2. The molecule has 2 N–H and O–H groups in total. The Morgan fingerprint density at radius 1 is 0.750 bits per heavy atom. The van der Waals surface area contributed by atoms with Crippen LogP contribution in [0.5, 0.6) is 11.5 Å². The summed E-state index contributed by atoms with van der Waals surface area (Å²) < 4.78 is 0. The number of phenolic OH excluding ortho intramolecular Hbond substituents is 2. The monoisotopic (exact) mass is 300 g/mol. The van der Waals surface area contributed by atoms with Crippen LogP contribution in [0, 0.1) is 21.3 Å². The van der Waals surface area contributed by atoms with Crippen molar-refractivity contribution in [3.05, 3.63) is 36.4 Å². The van der Waals surface area contributed by atoms with Crippen molar-refractivity contribution in [3.8, 4) is 33.4 Å². The van der Waals surface area contributed by atoms with Gasteiger partial charge in [-0.1, -0.05) is 0 Å². The highest BCUT2D eigenvalue weighted by molar-refractivity contribution is 8.04. The molecule has 0 bridgehead atoms. The third-order valence-electron chi connectivity index (χ3n) is 2.55. The van der Waals surface area contributed by atoms with Crippen molar-refractivity contribution in [3.63, 3.8) is 0 Å². The average Bonchev–Trinajstić information content (AvgIpc) is 2.44. The highest BCUT2D eigenvalue weighted by Crippen LogP contribution is 2.39. The first-order valence-electron chi connectivity index (χ1n) is 5.44. The van der Waals surface area contributed by atoms with Crippen LogP contribution in [0.3, 0.4) is 0 Å². The molecule has 0 atom stereocenters. The predicted octanol–water partition coefficient (Wildman–Crippen LogP) is 3.91. The van der Waals surface area contributed by atoms with E-state index in [1.54, 1.807) is 24.3 Å². The first-order valence-corrected chi connectivity index (χ1v) is 7.07. The average molecular weight is 300 g/mol. The molecule has 0 saturated heterocycles. The summed E-state index contributed by atoms with van der Waals surface area (Å²) in [6.45, 7) is 0. The van der Waals surface area contributed by atoms with Gasteiger partial charge in [-0.05, 0) is 59.9 Å². The first-order chi connectivity index (χ1) is 9.65. The van der Waals surface area contributed by atoms with Gasteiger partial charge in [-0.2, -0.15) is 10.5 Å². The van der Waals surface area contributed by atoms with Crippen LogP contribution in [0.1, 0.15) is 0 Å². The summed E-state index contributed by atoms with van der Waals surface area (Å²) >= 11 is 1.94. The van der Waals surface area contributed by atoms with E-state index >= 15 is 0 Å². The van der Waals surface area contributed by atoms with Gasteiger partial charge in [-0.15, -0.1) is 0 Å². The third-order valence-corrected chi connectivity index (χ3v) is 3.72. The van der Waals surface area contributed by atoms with Crippen LogP contribution in [0.4, 0.5) is 0 Å². The molecule has 0 aromatic heterocycles. The predicted molar refractivity (Wildman–Crippen MR) is 78.1 cm³/mol. The van der Waals surface area contributed by atoms with E-state index in [-0.39, 0.29) is 11.5 Å². The maximum Gasteiger partial charge on any atom is 0.138 e. The summed E-state index contributed by atoms with van der Waals surface area (Å²) in [6, 6.07) is 9.44. The molecule has 4 nitrogen and oxygen atoms in total. The lowest BCUT2D eigenvalue weighted by Gasteiger charge is -2.09. The van der Waals surface area contributed by atoms with Gasteiger partial charge in [0.2, 0.25) is 0 Å². The summed E-state index contributed by atoms with van der Waals surface area (Å²) in [5, 5.41) is 41.1. The molecule has 0 radical (unpaired) electrons. The summed E-state index contributed by atoms with van der Waals surface area (Å²) in [4.78, 5) is 1.33. The summed E-state index contributed by atoms with van der Waals surface area (Å²) in [5.74, 6) is 0.00314. The number of nitrogens with zero attached hydrogens (tertiary/aromatic N) is 2. The zero-order valence-corrected chi connectivity index (χ0v) is 11.7. The lowest BCUT2D eigenvalue weighted by molar-refractivity contribution is 0.468. The Hall–Kier alpha value is -2.28. The Morgan fingerprint density at radius 2 is 1.15 bits per heavy atom. The molecular weight excluding hydrogens is 292 g/mol. The molecule has 0 spiro atoms. The molecule has 0 unspecified atom stereocenters. The Bertz CT molecular complexity index is 669. The van der Waals surface area contributed by atoms with E-state index in [4.69, 9.17) is 10.5 Å². The van der Waals surface area contributed by atoms with E-state index in [2.05, 4.69) is 0 Å². The molecule has 2 aromatic rings. The normalized spacial score (nSPS) is 9.70. The summed E-state index contributed by atoms with van der Waals surface area (Å²) in [6.07, 6.45) is 0. The SMILES string of the molecule is N#CSc1ccc(O)c(-c2cc(SC#N)ccc2O)c1. The fourth-order valence-electron chi connectivity index (χ4n) is 1.69. The molecule has 0 aliphatic rings. The topological polar surface area (TPSA) is 88.0 Å². The highest BCUT2D eigenvalue weighted by atomic mass is 32.2. The second-order valence-electron chi connectivity index (χ2n) is 3.74. The molecule has 2 rings (SSSR count). The van der Waals surface area contributed by atoms with Crippen molar-refractivity contribution in [2.75, 3.05) is 0 Å². The standard InChI is InChI=1S/C14H8N2O2S2/c15-7-19-9-1-3-13(17)11(5-9)12-6-10(20-8-16)2-4-14(12)18/h1-6,17-18H. The van der Waals surface area contributed by atoms with Crippen LogP contribution in [-0.4, -0.2) is 10.2 Å². The molecule has 2 aromatic carbocycles. The number of hydrogen-bond acceptors (Lipinski definition) is 6. The number of phenols is 2. The number of nitriles is 2. The Labute approximate surface area is 124 Å². The smallest absolute Gasteiger partial charge is 0.138 e. The number of aromatic hydroxyl groups is 2. The van der Waals surface area contributed by atoms with Crippen LogP contribution >= 0.6 is 23.5 Å². The third kappa shape index (κ3) is 3.00. The largest absolute Gasteiger partial charge is 0.507 e. The molecule has 98 valence electrons. The van der Waals surface area contributed by atoms with E-state index in [1.165, 1.54) is 12.1 Å². The van der Waals surface area contributed by atoms with Gasteiger partial charge < -0.3 is 10.2 Å².